The van der Waals surface area contributed by atoms with Gasteiger partial charge in [0.15, 0.2) is 0 Å². The first-order valence-corrected chi connectivity index (χ1v) is 8.24. The van der Waals surface area contributed by atoms with E-state index in [1.165, 1.54) is 11.1 Å². The highest BCUT2D eigenvalue weighted by Crippen LogP contribution is 2.08. The van der Waals surface area contributed by atoms with Gasteiger partial charge in [-0.25, -0.2) is 0 Å². The Hall–Kier alpha value is -2.52. The van der Waals surface area contributed by atoms with Gasteiger partial charge in [-0.2, -0.15) is 0 Å². The summed E-state index contributed by atoms with van der Waals surface area (Å²) in [7, 11) is 0. The van der Waals surface area contributed by atoms with Crippen LogP contribution in [0.3, 0.4) is 0 Å². The van der Waals surface area contributed by atoms with Crippen LogP contribution in [0, 0.1) is 11.8 Å². The van der Waals surface area contributed by atoms with Gasteiger partial charge in [-0.3, -0.25) is 0 Å². The van der Waals surface area contributed by atoms with E-state index in [0.717, 1.165) is 36.8 Å². The second-order valence-corrected chi connectivity index (χ2v) is 5.58. The maximum Gasteiger partial charge on any atom is 0.0249 e. The molecule has 2 aromatic rings. The molecule has 0 amide bonds. The predicted molar refractivity (Wildman–Crippen MR) is 101 cm³/mol. The van der Waals surface area contributed by atoms with Crippen molar-refractivity contribution >= 4 is 0 Å². The molecule has 23 heavy (non-hydrogen) atoms. The predicted octanol–water partition coefficient (Wildman–Crippen LogP) is 5.71. The van der Waals surface area contributed by atoms with Gasteiger partial charge in [0.05, 0.1) is 0 Å². The highest BCUT2D eigenvalue weighted by atomic mass is 14.0. The summed E-state index contributed by atoms with van der Waals surface area (Å²) in [6, 6.07) is 17.0. The molecule has 0 heterocycles. The van der Waals surface area contributed by atoms with E-state index in [-0.39, 0.29) is 0 Å². The molecule has 0 atom stereocenters. The molecule has 0 bridgehead atoms. The molecule has 0 aliphatic rings. The van der Waals surface area contributed by atoms with Gasteiger partial charge < -0.3 is 0 Å². The first-order chi connectivity index (χ1) is 11.3. The molecule has 0 aliphatic heterocycles. The van der Waals surface area contributed by atoms with E-state index in [9.17, 15) is 0 Å². The van der Waals surface area contributed by atoms with Gasteiger partial charge in [-0.1, -0.05) is 54.3 Å². The summed E-state index contributed by atoms with van der Waals surface area (Å²) >= 11 is 0. The third-order valence-corrected chi connectivity index (χ3v) is 3.73. The standard InChI is InChI=1S/C23H24/c1-3-5-7-9-21-12-16-23(17-13-21)19-18-22-14-10-20(11-15-22)8-6-4-2/h3-5,10-17H,2,6-9H2,1H3. The lowest BCUT2D eigenvalue weighted by molar-refractivity contribution is 0.999. The average Bonchev–Trinajstić information content (AvgIpc) is 2.60. The molecule has 2 rings (SSSR count). The average molecular weight is 300 g/mol. The fraction of sp³-hybridized carbons (Fsp3) is 0.217. The van der Waals surface area contributed by atoms with Crippen molar-refractivity contribution in [2.45, 2.75) is 32.6 Å². The van der Waals surface area contributed by atoms with Crippen LogP contribution in [0.2, 0.25) is 0 Å². The summed E-state index contributed by atoms with van der Waals surface area (Å²) in [5, 5.41) is 0. The molecule has 116 valence electrons. The number of rotatable bonds is 6. The minimum Gasteiger partial charge on any atom is -0.103 e. The van der Waals surface area contributed by atoms with Crippen LogP contribution in [0.4, 0.5) is 0 Å². The minimum absolute atomic E-state index is 1.02. The summed E-state index contributed by atoms with van der Waals surface area (Å²) in [4.78, 5) is 0. The van der Waals surface area contributed by atoms with Gasteiger partial charge in [-0.05, 0) is 68.0 Å². The molecule has 0 saturated carbocycles. The van der Waals surface area contributed by atoms with Crippen molar-refractivity contribution in [2.24, 2.45) is 0 Å². The second kappa shape index (κ2) is 9.49. The third-order valence-electron chi connectivity index (χ3n) is 3.73. The SMILES string of the molecule is C=CCCc1ccc(C#Cc2ccc(CCC=CC)cc2)cc1. The van der Waals surface area contributed by atoms with Crippen LogP contribution in [0.15, 0.2) is 73.3 Å². The summed E-state index contributed by atoms with van der Waals surface area (Å²) < 4.78 is 0. The first-order valence-electron chi connectivity index (χ1n) is 8.24. The number of hydrogen-bond acceptors (Lipinski definition) is 0. The van der Waals surface area contributed by atoms with Gasteiger partial charge in [0.25, 0.3) is 0 Å². The maximum atomic E-state index is 3.76. The Morgan fingerprint density at radius 3 is 1.70 bits per heavy atom. The maximum absolute atomic E-state index is 3.76. The molecule has 0 aliphatic carbocycles. The molecule has 0 N–H and O–H groups in total. The molecule has 0 aromatic heterocycles. The smallest absolute Gasteiger partial charge is 0.0249 e. The summed E-state index contributed by atoms with van der Waals surface area (Å²) in [6.45, 7) is 5.82. The van der Waals surface area contributed by atoms with Crippen LogP contribution in [0.25, 0.3) is 0 Å². The summed E-state index contributed by atoms with van der Waals surface area (Å²) in [5.74, 6) is 6.47. The van der Waals surface area contributed by atoms with Gasteiger partial charge in [0.2, 0.25) is 0 Å². The lowest BCUT2D eigenvalue weighted by Crippen LogP contribution is -1.85. The fourth-order valence-electron chi connectivity index (χ4n) is 2.34. The Balaban J connectivity index is 1.96. The van der Waals surface area contributed by atoms with Crippen LogP contribution < -0.4 is 0 Å². The van der Waals surface area contributed by atoms with Crippen LogP contribution in [-0.4, -0.2) is 0 Å². The normalized spacial score (nSPS) is 10.3. The van der Waals surface area contributed by atoms with Gasteiger partial charge in [-0.15, -0.1) is 6.58 Å². The quantitative estimate of drug-likeness (QED) is 0.473. The summed E-state index contributed by atoms with van der Waals surface area (Å²) in [6.07, 6.45) is 10.5. The van der Waals surface area contributed by atoms with E-state index in [2.05, 4.69) is 86.0 Å². The molecule has 2 aromatic carbocycles. The fourth-order valence-corrected chi connectivity index (χ4v) is 2.34. The van der Waals surface area contributed by atoms with Crippen LogP contribution in [0.5, 0.6) is 0 Å². The van der Waals surface area contributed by atoms with E-state index >= 15 is 0 Å². The largest absolute Gasteiger partial charge is 0.103 e. The molecule has 0 nitrogen and oxygen atoms in total. The van der Waals surface area contributed by atoms with E-state index < -0.39 is 0 Å². The lowest BCUT2D eigenvalue weighted by Gasteiger charge is -1.99. The minimum atomic E-state index is 1.02. The Bertz CT molecular complexity index is 688. The van der Waals surface area contributed by atoms with E-state index in [1.54, 1.807) is 0 Å². The monoisotopic (exact) mass is 300 g/mol. The lowest BCUT2D eigenvalue weighted by atomic mass is 10.1. The second-order valence-electron chi connectivity index (χ2n) is 5.58. The zero-order valence-electron chi connectivity index (χ0n) is 13.9. The Morgan fingerprint density at radius 1 is 0.783 bits per heavy atom. The first kappa shape index (κ1) is 16.8. The highest BCUT2D eigenvalue weighted by Gasteiger charge is 1.93. The third kappa shape index (κ3) is 6.01. The molecule has 0 unspecified atom stereocenters. The van der Waals surface area contributed by atoms with Crippen molar-refractivity contribution in [3.63, 3.8) is 0 Å². The molecular weight excluding hydrogens is 276 g/mol. The van der Waals surface area contributed by atoms with Crippen molar-refractivity contribution in [3.05, 3.63) is 95.6 Å². The number of aryl methyl sites for hydroxylation is 2. The Kier molecular flexibility index (Phi) is 6.95. The number of hydrogen-bond donors (Lipinski definition) is 0. The Labute approximate surface area is 140 Å². The van der Waals surface area contributed by atoms with Crippen molar-refractivity contribution < 1.29 is 0 Å². The zero-order chi connectivity index (χ0) is 16.3. The van der Waals surface area contributed by atoms with Gasteiger partial charge >= 0.3 is 0 Å². The number of allylic oxidation sites excluding steroid dienone is 3. The van der Waals surface area contributed by atoms with Crippen molar-refractivity contribution in [3.8, 4) is 11.8 Å². The molecule has 0 spiro atoms. The van der Waals surface area contributed by atoms with Crippen LogP contribution in [0.1, 0.15) is 42.0 Å². The van der Waals surface area contributed by atoms with E-state index in [0.29, 0.717) is 0 Å². The highest BCUT2D eigenvalue weighted by molar-refractivity contribution is 5.44. The van der Waals surface area contributed by atoms with Gasteiger partial charge in [0, 0.05) is 11.1 Å². The number of benzene rings is 2. The van der Waals surface area contributed by atoms with Crippen molar-refractivity contribution in [2.75, 3.05) is 0 Å². The Morgan fingerprint density at radius 2 is 1.26 bits per heavy atom. The van der Waals surface area contributed by atoms with E-state index in [4.69, 9.17) is 0 Å². The molecule has 0 heteroatoms. The van der Waals surface area contributed by atoms with Crippen LogP contribution >= 0.6 is 0 Å². The van der Waals surface area contributed by atoms with Crippen molar-refractivity contribution in [1.82, 2.24) is 0 Å². The molecule has 0 saturated heterocycles. The molecule has 0 fully saturated rings. The topological polar surface area (TPSA) is 0 Å². The molecule has 0 radical (unpaired) electrons. The van der Waals surface area contributed by atoms with Crippen LogP contribution in [-0.2, 0) is 12.8 Å². The van der Waals surface area contributed by atoms with Gasteiger partial charge in [0.1, 0.15) is 0 Å². The zero-order valence-corrected chi connectivity index (χ0v) is 13.9. The molecular formula is C23H24. The summed E-state index contributed by atoms with van der Waals surface area (Å²) in [5.41, 5.74) is 4.82. The van der Waals surface area contributed by atoms with Crippen molar-refractivity contribution in [1.29, 1.82) is 0 Å². The van der Waals surface area contributed by atoms with E-state index in [1.807, 2.05) is 6.08 Å².